The molecule has 0 heterocycles. The van der Waals surface area contributed by atoms with E-state index < -0.39 is 6.04 Å². The van der Waals surface area contributed by atoms with E-state index in [-0.39, 0.29) is 31.0 Å². The first-order valence-corrected chi connectivity index (χ1v) is 11.7. The molecule has 0 fully saturated rings. The van der Waals surface area contributed by atoms with Crippen molar-refractivity contribution in [3.05, 3.63) is 63.1 Å². The van der Waals surface area contributed by atoms with Gasteiger partial charge in [0.1, 0.15) is 11.8 Å². The fraction of sp³-hybridized carbons (Fsp3) is 0.440. The number of aryl methyl sites for hydroxylation is 2. The largest absolute Gasteiger partial charge is 0.484 e. The highest BCUT2D eigenvalue weighted by molar-refractivity contribution is 6.32. The Hall–Kier alpha value is -2.24. The summed E-state index contributed by atoms with van der Waals surface area (Å²) in [5, 5.41) is 4.29. The smallest absolute Gasteiger partial charge is 0.261 e. The van der Waals surface area contributed by atoms with Gasteiger partial charge in [-0.15, -0.1) is 0 Å². The van der Waals surface area contributed by atoms with Crippen LogP contribution in [0.5, 0.6) is 5.75 Å². The lowest BCUT2D eigenvalue weighted by Gasteiger charge is -2.31. The third-order valence-electron chi connectivity index (χ3n) is 5.43. The predicted molar refractivity (Wildman–Crippen MR) is 130 cm³/mol. The maximum atomic E-state index is 13.3. The highest BCUT2D eigenvalue weighted by Crippen LogP contribution is 2.26. The minimum Gasteiger partial charge on any atom is -0.484 e. The Morgan fingerprint density at radius 1 is 1.03 bits per heavy atom. The van der Waals surface area contributed by atoms with E-state index in [1.807, 2.05) is 46.8 Å². The van der Waals surface area contributed by atoms with E-state index in [4.69, 9.17) is 27.9 Å². The first kappa shape index (κ1) is 26.0. The summed E-state index contributed by atoms with van der Waals surface area (Å²) in [4.78, 5) is 27.8. The SMILES string of the molecule is CC[C@H](C(=O)N[C@@H](C)CC)N(Cc1ccc(Cl)cc1)C(=O)COc1cc(C)c(Cl)c(C)c1. The molecule has 0 aromatic heterocycles. The first-order valence-electron chi connectivity index (χ1n) is 10.9. The van der Waals surface area contributed by atoms with Gasteiger partial charge in [0.25, 0.3) is 5.91 Å². The van der Waals surface area contributed by atoms with E-state index >= 15 is 0 Å². The van der Waals surface area contributed by atoms with Crippen LogP contribution in [0.15, 0.2) is 36.4 Å². The average Bonchev–Trinajstić information content (AvgIpc) is 2.76. The van der Waals surface area contributed by atoms with Crippen LogP contribution in [0.1, 0.15) is 50.3 Å². The number of amides is 2. The van der Waals surface area contributed by atoms with Gasteiger partial charge in [0.2, 0.25) is 5.91 Å². The third-order valence-corrected chi connectivity index (χ3v) is 6.27. The van der Waals surface area contributed by atoms with E-state index in [1.54, 1.807) is 29.2 Å². The Morgan fingerprint density at radius 2 is 1.62 bits per heavy atom. The molecule has 7 heteroatoms. The molecule has 0 aliphatic carbocycles. The van der Waals surface area contributed by atoms with Crippen molar-refractivity contribution in [2.45, 2.75) is 66.1 Å². The quantitative estimate of drug-likeness (QED) is 0.475. The molecule has 0 saturated heterocycles. The van der Waals surface area contributed by atoms with Gasteiger partial charge in [-0.2, -0.15) is 0 Å². The van der Waals surface area contributed by atoms with E-state index in [0.717, 1.165) is 23.1 Å². The Balaban J connectivity index is 2.24. The van der Waals surface area contributed by atoms with E-state index in [1.165, 1.54) is 0 Å². The lowest BCUT2D eigenvalue weighted by molar-refractivity contribution is -0.143. The number of hydrogen-bond acceptors (Lipinski definition) is 3. The normalized spacial score (nSPS) is 12.7. The number of carbonyl (C=O) groups is 2. The summed E-state index contributed by atoms with van der Waals surface area (Å²) in [5.41, 5.74) is 2.65. The highest BCUT2D eigenvalue weighted by Gasteiger charge is 2.29. The molecule has 2 aromatic rings. The molecule has 0 radical (unpaired) electrons. The Morgan fingerprint density at radius 3 is 2.16 bits per heavy atom. The summed E-state index contributed by atoms with van der Waals surface area (Å²) < 4.78 is 5.80. The minimum atomic E-state index is -0.607. The first-order chi connectivity index (χ1) is 15.2. The molecule has 174 valence electrons. The van der Waals surface area contributed by atoms with Crippen LogP contribution in [0.2, 0.25) is 10.0 Å². The topological polar surface area (TPSA) is 58.6 Å². The second-order valence-electron chi connectivity index (χ2n) is 8.05. The van der Waals surface area contributed by atoms with Gasteiger partial charge in [-0.05, 0) is 74.6 Å². The molecule has 2 atom stereocenters. The summed E-state index contributed by atoms with van der Waals surface area (Å²) in [6, 6.07) is 10.3. The molecule has 0 saturated carbocycles. The van der Waals surface area contributed by atoms with Crippen LogP contribution in [-0.4, -0.2) is 35.4 Å². The summed E-state index contributed by atoms with van der Waals surface area (Å²) >= 11 is 12.2. The zero-order valence-corrected chi connectivity index (χ0v) is 20.9. The van der Waals surface area contributed by atoms with Crippen LogP contribution < -0.4 is 10.1 Å². The van der Waals surface area contributed by atoms with Gasteiger partial charge in [-0.1, -0.05) is 49.2 Å². The molecule has 0 bridgehead atoms. The Labute approximate surface area is 201 Å². The van der Waals surface area contributed by atoms with Gasteiger partial charge in [0.05, 0.1) is 0 Å². The molecule has 1 N–H and O–H groups in total. The molecule has 0 aliphatic heterocycles. The number of hydrogen-bond donors (Lipinski definition) is 1. The average molecular weight is 479 g/mol. The van der Waals surface area contributed by atoms with Crippen molar-refractivity contribution in [3.8, 4) is 5.75 Å². The van der Waals surface area contributed by atoms with Crippen LogP contribution in [0.3, 0.4) is 0 Å². The summed E-state index contributed by atoms with van der Waals surface area (Å²) in [6.07, 6.45) is 1.30. The Kier molecular flexibility index (Phi) is 9.85. The van der Waals surface area contributed by atoms with Gasteiger partial charge in [-0.25, -0.2) is 0 Å². The van der Waals surface area contributed by atoms with Crippen LogP contribution in [0.25, 0.3) is 0 Å². The summed E-state index contributed by atoms with van der Waals surface area (Å²) in [6.45, 7) is 9.74. The molecule has 0 aliphatic rings. The van der Waals surface area contributed by atoms with Crippen molar-refractivity contribution in [3.63, 3.8) is 0 Å². The summed E-state index contributed by atoms with van der Waals surface area (Å²) in [7, 11) is 0. The van der Waals surface area contributed by atoms with Crippen molar-refractivity contribution < 1.29 is 14.3 Å². The second kappa shape index (κ2) is 12.1. The number of nitrogens with zero attached hydrogens (tertiary/aromatic N) is 1. The van der Waals surface area contributed by atoms with Gasteiger partial charge < -0.3 is 15.0 Å². The maximum absolute atomic E-state index is 13.3. The monoisotopic (exact) mass is 478 g/mol. The van der Waals surface area contributed by atoms with Crippen molar-refractivity contribution in [2.75, 3.05) is 6.61 Å². The van der Waals surface area contributed by atoms with E-state index in [0.29, 0.717) is 22.2 Å². The van der Waals surface area contributed by atoms with E-state index in [9.17, 15) is 9.59 Å². The van der Waals surface area contributed by atoms with Crippen LogP contribution in [-0.2, 0) is 16.1 Å². The fourth-order valence-electron chi connectivity index (χ4n) is 3.36. The lowest BCUT2D eigenvalue weighted by Crippen LogP contribution is -2.51. The standard InChI is InChI=1S/C25H32Cl2N2O3/c1-6-18(5)28-25(31)22(7-2)29(14-19-8-10-20(26)11-9-19)23(30)15-32-21-12-16(3)24(27)17(4)13-21/h8-13,18,22H,6-7,14-15H2,1-5H3,(H,28,31)/t18-,22+/m0/s1. The molecule has 32 heavy (non-hydrogen) atoms. The van der Waals surface area contributed by atoms with Crippen LogP contribution in [0.4, 0.5) is 0 Å². The van der Waals surface area contributed by atoms with Crippen molar-refractivity contribution in [1.29, 1.82) is 0 Å². The zero-order valence-electron chi connectivity index (χ0n) is 19.4. The van der Waals surface area contributed by atoms with Gasteiger partial charge in [0.15, 0.2) is 6.61 Å². The number of carbonyl (C=O) groups excluding carboxylic acids is 2. The molecule has 2 aromatic carbocycles. The van der Waals surface area contributed by atoms with Gasteiger partial charge in [-0.3, -0.25) is 9.59 Å². The van der Waals surface area contributed by atoms with Gasteiger partial charge >= 0.3 is 0 Å². The van der Waals surface area contributed by atoms with Crippen LogP contribution >= 0.6 is 23.2 Å². The van der Waals surface area contributed by atoms with Crippen molar-refractivity contribution in [2.24, 2.45) is 0 Å². The number of rotatable bonds is 10. The molecule has 0 unspecified atom stereocenters. The third kappa shape index (κ3) is 7.14. The molecule has 0 spiro atoms. The number of halogens is 2. The fourth-order valence-corrected chi connectivity index (χ4v) is 3.60. The number of nitrogens with one attached hydrogen (secondary N) is 1. The van der Waals surface area contributed by atoms with Crippen molar-refractivity contribution >= 4 is 35.0 Å². The molecular formula is C25H32Cl2N2O3. The lowest BCUT2D eigenvalue weighted by atomic mass is 10.1. The van der Waals surface area contributed by atoms with Crippen LogP contribution in [0, 0.1) is 13.8 Å². The molecule has 2 rings (SSSR count). The number of ether oxygens (including phenoxy) is 1. The van der Waals surface area contributed by atoms with Gasteiger partial charge in [0, 0.05) is 22.6 Å². The van der Waals surface area contributed by atoms with Crippen molar-refractivity contribution in [1.82, 2.24) is 10.2 Å². The molecular weight excluding hydrogens is 447 g/mol. The molecule has 2 amide bonds. The zero-order chi connectivity index (χ0) is 23.8. The second-order valence-corrected chi connectivity index (χ2v) is 8.86. The highest BCUT2D eigenvalue weighted by atomic mass is 35.5. The molecule has 5 nitrogen and oxygen atoms in total. The predicted octanol–water partition coefficient (Wildman–Crippen LogP) is 5.71. The Bertz CT molecular complexity index is 908. The van der Waals surface area contributed by atoms with E-state index in [2.05, 4.69) is 5.32 Å². The number of benzene rings is 2. The maximum Gasteiger partial charge on any atom is 0.261 e. The minimum absolute atomic E-state index is 0.0281. The summed E-state index contributed by atoms with van der Waals surface area (Å²) in [5.74, 6) is 0.139.